The Morgan fingerprint density at radius 3 is 2.43 bits per heavy atom. The van der Waals surface area contributed by atoms with Crippen LogP contribution in [0.4, 0.5) is 8.78 Å². The molecule has 5 heteroatoms. The van der Waals surface area contributed by atoms with Crippen LogP contribution in [-0.2, 0) is 0 Å². The summed E-state index contributed by atoms with van der Waals surface area (Å²) in [6.07, 6.45) is 0. The summed E-state index contributed by atoms with van der Waals surface area (Å²) in [7, 11) is 0. The van der Waals surface area contributed by atoms with Crippen molar-refractivity contribution in [3.63, 3.8) is 0 Å². The second-order valence-electron chi connectivity index (χ2n) is 4.49. The number of fused-ring (bicyclic) bond motifs is 1. The third-order valence-corrected chi connectivity index (χ3v) is 3.16. The summed E-state index contributed by atoms with van der Waals surface area (Å²) in [6, 6.07) is 12.1. The SMILES string of the molecule is O=C(O)c1ccc2cc(F)c(-c3ccccc3)nc2c1F. The van der Waals surface area contributed by atoms with Gasteiger partial charge in [-0.15, -0.1) is 0 Å². The molecule has 0 spiro atoms. The van der Waals surface area contributed by atoms with Crippen molar-refractivity contribution in [1.29, 1.82) is 0 Å². The zero-order valence-corrected chi connectivity index (χ0v) is 10.7. The number of hydrogen-bond acceptors (Lipinski definition) is 2. The van der Waals surface area contributed by atoms with E-state index < -0.39 is 23.2 Å². The first-order valence-electron chi connectivity index (χ1n) is 6.15. The maximum Gasteiger partial charge on any atom is 0.338 e. The Bertz CT molecular complexity index is 848. The molecule has 3 aromatic rings. The van der Waals surface area contributed by atoms with E-state index in [0.717, 1.165) is 12.1 Å². The summed E-state index contributed by atoms with van der Waals surface area (Å²) in [5.74, 6) is -2.94. The third-order valence-electron chi connectivity index (χ3n) is 3.16. The molecule has 1 aromatic heterocycles. The molecule has 0 amide bonds. The largest absolute Gasteiger partial charge is 0.478 e. The Labute approximate surface area is 118 Å². The van der Waals surface area contributed by atoms with Crippen molar-refractivity contribution >= 4 is 16.9 Å². The number of nitrogens with zero attached hydrogens (tertiary/aromatic N) is 1. The molecule has 2 aromatic carbocycles. The number of hydrogen-bond donors (Lipinski definition) is 1. The highest BCUT2D eigenvalue weighted by Gasteiger charge is 2.17. The fourth-order valence-electron chi connectivity index (χ4n) is 2.14. The Morgan fingerprint density at radius 2 is 1.76 bits per heavy atom. The average Bonchev–Trinajstić information content (AvgIpc) is 2.47. The minimum absolute atomic E-state index is 0.00969. The van der Waals surface area contributed by atoms with Crippen LogP contribution in [0.1, 0.15) is 10.4 Å². The highest BCUT2D eigenvalue weighted by atomic mass is 19.1. The molecule has 3 rings (SSSR count). The van der Waals surface area contributed by atoms with E-state index in [9.17, 15) is 13.6 Å². The molecule has 3 nitrogen and oxygen atoms in total. The lowest BCUT2D eigenvalue weighted by Crippen LogP contribution is -2.02. The summed E-state index contributed by atoms with van der Waals surface area (Å²) >= 11 is 0. The number of aromatic carboxylic acids is 1. The van der Waals surface area contributed by atoms with Crippen LogP contribution in [0.2, 0.25) is 0 Å². The summed E-state index contributed by atoms with van der Waals surface area (Å²) in [5.41, 5.74) is -0.155. The molecule has 0 radical (unpaired) electrons. The molecule has 1 heterocycles. The predicted molar refractivity (Wildman–Crippen MR) is 74.1 cm³/mol. The highest BCUT2D eigenvalue weighted by Crippen LogP contribution is 2.27. The van der Waals surface area contributed by atoms with Crippen LogP contribution in [0.3, 0.4) is 0 Å². The first-order chi connectivity index (χ1) is 10.1. The number of halogens is 2. The first kappa shape index (κ1) is 13.2. The van der Waals surface area contributed by atoms with Gasteiger partial charge < -0.3 is 5.11 Å². The van der Waals surface area contributed by atoms with E-state index in [-0.39, 0.29) is 16.6 Å². The third kappa shape index (κ3) is 2.23. The van der Waals surface area contributed by atoms with Crippen molar-refractivity contribution in [2.75, 3.05) is 0 Å². The maximum atomic E-state index is 14.2. The Morgan fingerprint density at radius 1 is 1.05 bits per heavy atom. The molecule has 0 aliphatic heterocycles. The smallest absolute Gasteiger partial charge is 0.338 e. The van der Waals surface area contributed by atoms with Crippen molar-refractivity contribution in [3.8, 4) is 11.3 Å². The summed E-state index contributed by atoms with van der Waals surface area (Å²) in [6.45, 7) is 0. The number of rotatable bonds is 2. The van der Waals surface area contributed by atoms with Crippen LogP contribution < -0.4 is 0 Å². The van der Waals surface area contributed by atoms with Gasteiger partial charge in [-0.3, -0.25) is 0 Å². The first-order valence-corrected chi connectivity index (χ1v) is 6.15. The van der Waals surface area contributed by atoms with E-state index in [2.05, 4.69) is 4.98 Å². The normalized spacial score (nSPS) is 10.8. The van der Waals surface area contributed by atoms with E-state index in [4.69, 9.17) is 5.11 Å². The molecule has 0 aliphatic carbocycles. The lowest BCUT2D eigenvalue weighted by molar-refractivity contribution is 0.0692. The van der Waals surface area contributed by atoms with Gasteiger partial charge in [-0.05, 0) is 12.1 Å². The zero-order chi connectivity index (χ0) is 15.0. The van der Waals surface area contributed by atoms with Crippen LogP contribution in [0.25, 0.3) is 22.2 Å². The Balaban J connectivity index is 2.31. The van der Waals surface area contributed by atoms with Gasteiger partial charge in [-0.25, -0.2) is 18.6 Å². The van der Waals surface area contributed by atoms with Crippen molar-refractivity contribution in [1.82, 2.24) is 4.98 Å². The maximum absolute atomic E-state index is 14.2. The van der Waals surface area contributed by atoms with Gasteiger partial charge in [0, 0.05) is 10.9 Å². The topological polar surface area (TPSA) is 50.2 Å². The molecule has 1 N–H and O–H groups in total. The standard InChI is InChI=1S/C16H9F2NO2/c17-12-8-10-6-7-11(16(20)21)13(18)15(10)19-14(12)9-4-2-1-3-5-9/h1-8H,(H,20,21). The monoisotopic (exact) mass is 285 g/mol. The van der Waals surface area contributed by atoms with Crippen molar-refractivity contribution in [2.45, 2.75) is 0 Å². The van der Waals surface area contributed by atoms with Gasteiger partial charge in [0.1, 0.15) is 17.0 Å². The van der Waals surface area contributed by atoms with E-state index in [1.165, 1.54) is 6.07 Å². The summed E-state index contributed by atoms with van der Waals surface area (Å²) < 4.78 is 28.3. The van der Waals surface area contributed by atoms with Crippen molar-refractivity contribution < 1.29 is 18.7 Å². The van der Waals surface area contributed by atoms with Gasteiger partial charge in [0.2, 0.25) is 0 Å². The van der Waals surface area contributed by atoms with Crippen LogP contribution in [0, 0.1) is 11.6 Å². The molecule has 0 bridgehead atoms. The van der Waals surface area contributed by atoms with Gasteiger partial charge in [0.05, 0.1) is 5.56 Å². The molecule has 0 aliphatic rings. The summed E-state index contributed by atoms with van der Waals surface area (Å²) in [5, 5.41) is 9.14. The molecular weight excluding hydrogens is 276 g/mol. The predicted octanol–water partition coefficient (Wildman–Crippen LogP) is 3.88. The minimum atomic E-state index is -1.39. The molecular formula is C16H9F2NO2. The van der Waals surface area contributed by atoms with E-state index in [0.29, 0.717) is 5.56 Å². The zero-order valence-electron chi connectivity index (χ0n) is 10.7. The fraction of sp³-hybridized carbons (Fsp3) is 0. The number of carboxylic acids is 1. The van der Waals surface area contributed by atoms with Crippen molar-refractivity contribution in [2.24, 2.45) is 0 Å². The molecule has 0 saturated heterocycles. The van der Waals surface area contributed by atoms with Gasteiger partial charge in [0.25, 0.3) is 0 Å². The molecule has 0 saturated carbocycles. The van der Waals surface area contributed by atoms with Crippen LogP contribution >= 0.6 is 0 Å². The van der Waals surface area contributed by atoms with Crippen LogP contribution in [0.5, 0.6) is 0 Å². The lowest BCUT2D eigenvalue weighted by Gasteiger charge is -2.07. The number of benzene rings is 2. The lowest BCUT2D eigenvalue weighted by atomic mass is 10.1. The number of aromatic nitrogens is 1. The number of carboxylic acid groups (broad SMARTS) is 1. The van der Waals surface area contributed by atoms with Crippen LogP contribution in [0.15, 0.2) is 48.5 Å². The molecule has 0 atom stereocenters. The molecule has 0 fully saturated rings. The average molecular weight is 285 g/mol. The molecule has 0 unspecified atom stereocenters. The molecule has 104 valence electrons. The fourth-order valence-corrected chi connectivity index (χ4v) is 2.14. The second kappa shape index (κ2) is 4.94. The minimum Gasteiger partial charge on any atom is -0.478 e. The highest BCUT2D eigenvalue weighted by molar-refractivity contribution is 5.94. The van der Waals surface area contributed by atoms with E-state index >= 15 is 0 Å². The van der Waals surface area contributed by atoms with Gasteiger partial charge in [0.15, 0.2) is 5.82 Å². The molecule has 21 heavy (non-hydrogen) atoms. The second-order valence-corrected chi connectivity index (χ2v) is 4.49. The quantitative estimate of drug-likeness (QED) is 0.777. The Kier molecular flexibility index (Phi) is 3.10. The van der Waals surface area contributed by atoms with Gasteiger partial charge in [-0.2, -0.15) is 0 Å². The summed E-state index contributed by atoms with van der Waals surface area (Å²) in [4.78, 5) is 14.9. The van der Waals surface area contributed by atoms with Crippen LogP contribution in [-0.4, -0.2) is 16.1 Å². The van der Waals surface area contributed by atoms with E-state index in [1.54, 1.807) is 30.3 Å². The van der Waals surface area contributed by atoms with Gasteiger partial charge >= 0.3 is 5.97 Å². The number of carbonyl (C=O) groups is 1. The van der Waals surface area contributed by atoms with Gasteiger partial charge in [-0.1, -0.05) is 36.4 Å². The van der Waals surface area contributed by atoms with E-state index in [1.807, 2.05) is 0 Å². The number of pyridine rings is 1. The van der Waals surface area contributed by atoms with Crippen molar-refractivity contribution in [3.05, 3.63) is 65.7 Å². The Hall–Kier alpha value is -2.82.